The first-order chi connectivity index (χ1) is 6.54. The summed E-state index contributed by atoms with van der Waals surface area (Å²) in [7, 11) is 0. The molecule has 3 N–H and O–H groups in total. The van der Waals surface area contributed by atoms with Crippen LogP contribution in [0.2, 0.25) is 0 Å². The Kier molecular flexibility index (Phi) is 5.72. The summed E-state index contributed by atoms with van der Waals surface area (Å²) in [6, 6.07) is 2.29. The molecule has 0 unspecified atom stereocenters. The maximum absolute atomic E-state index is 12.8. The van der Waals surface area contributed by atoms with Crippen LogP contribution in [0.15, 0.2) is 18.2 Å². The van der Waals surface area contributed by atoms with E-state index in [9.17, 15) is 13.9 Å². The summed E-state index contributed by atoms with van der Waals surface area (Å²) >= 11 is 0. The Labute approximate surface area is 93.5 Å². The molecule has 1 rings (SSSR count). The van der Waals surface area contributed by atoms with Crippen LogP contribution in [0.3, 0.4) is 0 Å². The zero-order valence-electron chi connectivity index (χ0n) is 8.28. The van der Waals surface area contributed by atoms with Crippen LogP contribution in [-0.4, -0.2) is 11.2 Å². The molecule has 0 fully saturated rings. The van der Waals surface area contributed by atoms with Gasteiger partial charge < -0.3 is 10.8 Å². The molecule has 0 saturated carbocycles. The Morgan fingerprint density at radius 1 is 1.27 bits per heavy atom. The average Bonchev–Trinajstić information content (AvgIpc) is 2.14. The number of aliphatic hydroxyl groups excluding tert-OH is 1. The van der Waals surface area contributed by atoms with Crippen molar-refractivity contribution in [2.45, 2.75) is 25.5 Å². The van der Waals surface area contributed by atoms with Crippen LogP contribution in [0, 0.1) is 11.6 Å². The molecule has 0 amide bonds. The lowest BCUT2D eigenvalue weighted by atomic mass is 10.0. The fraction of sp³-hybridized carbons (Fsp3) is 0.400. The minimum absolute atomic E-state index is 0. The van der Waals surface area contributed by atoms with Gasteiger partial charge in [-0.3, -0.25) is 0 Å². The van der Waals surface area contributed by atoms with Gasteiger partial charge in [0, 0.05) is 6.07 Å². The number of benzene rings is 1. The molecular formula is C10H14ClF2NO. The molecular weight excluding hydrogens is 224 g/mol. The molecule has 0 saturated heterocycles. The van der Waals surface area contributed by atoms with Crippen LogP contribution in [0.4, 0.5) is 8.78 Å². The van der Waals surface area contributed by atoms with Crippen molar-refractivity contribution >= 4 is 12.4 Å². The number of hydrogen-bond donors (Lipinski definition) is 2. The number of halogens is 3. The lowest BCUT2D eigenvalue weighted by Crippen LogP contribution is -2.25. The van der Waals surface area contributed by atoms with Crippen LogP contribution < -0.4 is 5.73 Å². The van der Waals surface area contributed by atoms with Crippen molar-refractivity contribution in [3.63, 3.8) is 0 Å². The van der Waals surface area contributed by atoms with Crippen LogP contribution in [0.5, 0.6) is 0 Å². The molecule has 0 radical (unpaired) electrons. The van der Waals surface area contributed by atoms with Crippen molar-refractivity contribution in [1.82, 2.24) is 0 Å². The standard InChI is InChI=1S/C10H13F2NO.ClH/c1-2-9(14)10(13)6-3-7(11)5-8(12)4-6;/h3-5,9-10,14H,2,13H2,1H3;1H/t9-,10+;/m0./s1. The van der Waals surface area contributed by atoms with Crippen molar-refractivity contribution in [1.29, 1.82) is 0 Å². The third kappa shape index (κ3) is 3.74. The highest BCUT2D eigenvalue weighted by atomic mass is 35.5. The highest BCUT2D eigenvalue weighted by Gasteiger charge is 2.16. The maximum atomic E-state index is 12.8. The fourth-order valence-electron chi connectivity index (χ4n) is 1.24. The number of nitrogens with two attached hydrogens (primary N) is 1. The molecule has 0 aliphatic heterocycles. The van der Waals surface area contributed by atoms with Crippen molar-refractivity contribution in [3.05, 3.63) is 35.4 Å². The Hall–Kier alpha value is -0.710. The van der Waals surface area contributed by atoms with Gasteiger partial charge in [0.05, 0.1) is 12.1 Å². The lowest BCUT2D eigenvalue weighted by molar-refractivity contribution is 0.140. The van der Waals surface area contributed by atoms with E-state index in [-0.39, 0.29) is 18.0 Å². The molecule has 5 heteroatoms. The second-order valence-electron chi connectivity index (χ2n) is 3.20. The first-order valence-electron chi connectivity index (χ1n) is 4.44. The van der Waals surface area contributed by atoms with E-state index in [1.165, 1.54) is 0 Å². The van der Waals surface area contributed by atoms with Crippen LogP contribution in [0.25, 0.3) is 0 Å². The van der Waals surface area contributed by atoms with E-state index < -0.39 is 23.8 Å². The Balaban J connectivity index is 0.00000196. The van der Waals surface area contributed by atoms with E-state index in [0.29, 0.717) is 6.42 Å². The SMILES string of the molecule is CC[C@H](O)[C@H](N)c1cc(F)cc(F)c1.Cl. The molecule has 2 nitrogen and oxygen atoms in total. The second kappa shape index (κ2) is 6.00. The number of rotatable bonds is 3. The van der Waals surface area contributed by atoms with Gasteiger partial charge in [-0.05, 0) is 24.1 Å². The summed E-state index contributed by atoms with van der Waals surface area (Å²) in [6.45, 7) is 1.75. The van der Waals surface area contributed by atoms with Crippen molar-refractivity contribution in [3.8, 4) is 0 Å². The van der Waals surface area contributed by atoms with Gasteiger partial charge in [-0.15, -0.1) is 12.4 Å². The zero-order valence-corrected chi connectivity index (χ0v) is 9.10. The van der Waals surface area contributed by atoms with E-state index in [2.05, 4.69) is 0 Å². The molecule has 0 aliphatic carbocycles. The molecule has 0 bridgehead atoms. The first kappa shape index (κ1) is 14.3. The van der Waals surface area contributed by atoms with E-state index in [1.54, 1.807) is 6.92 Å². The Bertz CT molecular complexity index is 302. The Morgan fingerprint density at radius 3 is 2.13 bits per heavy atom. The van der Waals surface area contributed by atoms with Gasteiger partial charge in [0.1, 0.15) is 11.6 Å². The predicted molar refractivity (Wildman–Crippen MR) is 56.8 cm³/mol. The topological polar surface area (TPSA) is 46.2 Å². The van der Waals surface area contributed by atoms with Crippen molar-refractivity contribution < 1.29 is 13.9 Å². The minimum Gasteiger partial charge on any atom is -0.391 e. The van der Waals surface area contributed by atoms with Crippen molar-refractivity contribution in [2.24, 2.45) is 5.73 Å². The molecule has 1 aromatic rings. The maximum Gasteiger partial charge on any atom is 0.126 e. The Morgan fingerprint density at radius 2 is 1.73 bits per heavy atom. The number of aliphatic hydroxyl groups is 1. The molecule has 2 atom stereocenters. The average molecular weight is 238 g/mol. The molecule has 86 valence electrons. The van der Waals surface area contributed by atoms with Gasteiger partial charge in [0.25, 0.3) is 0 Å². The van der Waals surface area contributed by atoms with E-state index >= 15 is 0 Å². The summed E-state index contributed by atoms with van der Waals surface area (Å²) in [5.74, 6) is -1.36. The molecule has 15 heavy (non-hydrogen) atoms. The summed E-state index contributed by atoms with van der Waals surface area (Å²) < 4.78 is 25.6. The molecule has 0 aromatic heterocycles. The summed E-state index contributed by atoms with van der Waals surface area (Å²) in [4.78, 5) is 0. The molecule has 1 aromatic carbocycles. The van der Waals surface area contributed by atoms with Crippen LogP contribution in [0.1, 0.15) is 24.9 Å². The predicted octanol–water partition coefficient (Wildman–Crippen LogP) is 2.16. The third-order valence-corrected chi connectivity index (χ3v) is 2.10. The minimum atomic E-state index is -0.781. The van der Waals surface area contributed by atoms with Gasteiger partial charge in [-0.1, -0.05) is 6.92 Å². The monoisotopic (exact) mass is 237 g/mol. The smallest absolute Gasteiger partial charge is 0.126 e. The van der Waals surface area contributed by atoms with Gasteiger partial charge in [0.2, 0.25) is 0 Å². The van der Waals surface area contributed by atoms with Gasteiger partial charge in [-0.2, -0.15) is 0 Å². The summed E-state index contributed by atoms with van der Waals surface area (Å²) in [6.07, 6.45) is -0.338. The summed E-state index contributed by atoms with van der Waals surface area (Å²) in [5, 5.41) is 9.39. The van der Waals surface area contributed by atoms with Crippen molar-refractivity contribution in [2.75, 3.05) is 0 Å². The largest absolute Gasteiger partial charge is 0.391 e. The van der Waals surface area contributed by atoms with Gasteiger partial charge in [-0.25, -0.2) is 8.78 Å². The highest BCUT2D eigenvalue weighted by molar-refractivity contribution is 5.85. The van der Waals surface area contributed by atoms with Gasteiger partial charge in [0.15, 0.2) is 0 Å². The lowest BCUT2D eigenvalue weighted by Gasteiger charge is -2.17. The molecule has 0 spiro atoms. The van der Waals surface area contributed by atoms with Crippen LogP contribution >= 0.6 is 12.4 Å². The van der Waals surface area contributed by atoms with Crippen LogP contribution in [-0.2, 0) is 0 Å². The highest BCUT2D eigenvalue weighted by Crippen LogP contribution is 2.18. The third-order valence-electron chi connectivity index (χ3n) is 2.10. The van der Waals surface area contributed by atoms with E-state index in [4.69, 9.17) is 5.73 Å². The fourth-order valence-corrected chi connectivity index (χ4v) is 1.24. The summed E-state index contributed by atoms with van der Waals surface area (Å²) in [5.41, 5.74) is 5.88. The zero-order chi connectivity index (χ0) is 10.7. The molecule has 0 heterocycles. The van der Waals surface area contributed by atoms with E-state index in [1.807, 2.05) is 0 Å². The molecule has 0 aliphatic rings. The van der Waals surface area contributed by atoms with E-state index in [0.717, 1.165) is 18.2 Å². The quantitative estimate of drug-likeness (QED) is 0.846. The second-order valence-corrected chi connectivity index (χ2v) is 3.20. The first-order valence-corrected chi connectivity index (χ1v) is 4.44. The van der Waals surface area contributed by atoms with Gasteiger partial charge >= 0.3 is 0 Å². The normalized spacial score (nSPS) is 14.2. The number of hydrogen-bond acceptors (Lipinski definition) is 2.